The Bertz CT molecular complexity index is 935. The molecule has 0 spiro atoms. The van der Waals surface area contributed by atoms with Crippen molar-refractivity contribution < 1.29 is 13.9 Å². The Kier molecular flexibility index (Phi) is 4.78. The highest BCUT2D eigenvalue weighted by atomic mass is 16.5. The topological polar surface area (TPSA) is 31.6 Å². The number of fused-ring (bicyclic) bond motifs is 2. The van der Waals surface area contributed by atoms with E-state index in [1.807, 2.05) is 24.3 Å². The van der Waals surface area contributed by atoms with Gasteiger partial charge in [-0.15, -0.1) is 0 Å². The van der Waals surface area contributed by atoms with Crippen molar-refractivity contribution in [1.82, 2.24) is 0 Å². The lowest BCUT2D eigenvalue weighted by Crippen LogP contribution is -2.04. The zero-order valence-electron chi connectivity index (χ0n) is 14.7. The van der Waals surface area contributed by atoms with Gasteiger partial charge in [-0.25, -0.2) is 0 Å². The highest BCUT2D eigenvalue weighted by Gasteiger charge is 2.19. The van der Waals surface area contributed by atoms with Crippen molar-refractivity contribution >= 4 is 17.0 Å². The molecule has 4 rings (SSSR count). The van der Waals surface area contributed by atoms with Crippen molar-refractivity contribution in [2.24, 2.45) is 0 Å². The van der Waals surface area contributed by atoms with Gasteiger partial charge in [-0.1, -0.05) is 36.9 Å². The summed E-state index contributed by atoms with van der Waals surface area (Å²) in [6.07, 6.45) is 9.99. The zero-order valence-corrected chi connectivity index (χ0v) is 14.7. The summed E-state index contributed by atoms with van der Waals surface area (Å²) in [7, 11) is 0. The molecule has 0 unspecified atom stereocenters. The predicted molar refractivity (Wildman–Crippen MR) is 105 cm³/mol. The van der Waals surface area contributed by atoms with Crippen molar-refractivity contribution in [2.45, 2.75) is 25.7 Å². The van der Waals surface area contributed by atoms with Crippen LogP contribution >= 0.6 is 0 Å². The number of rotatable bonds is 7. The molecule has 1 aliphatic heterocycles. The van der Waals surface area contributed by atoms with Gasteiger partial charge in [0.05, 0.1) is 23.8 Å². The lowest BCUT2D eigenvalue weighted by molar-refractivity contribution is 0.306. The number of ether oxygens (including phenoxy) is 2. The van der Waals surface area contributed by atoms with Crippen molar-refractivity contribution in [3.63, 3.8) is 0 Å². The molecule has 0 saturated heterocycles. The van der Waals surface area contributed by atoms with Gasteiger partial charge in [-0.3, -0.25) is 0 Å². The minimum Gasteiger partial charge on any atom is -0.492 e. The summed E-state index contributed by atoms with van der Waals surface area (Å²) >= 11 is 0. The van der Waals surface area contributed by atoms with Crippen LogP contribution in [0.4, 0.5) is 0 Å². The highest BCUT2D eigenvalue weighted by molar-refractivity contribution is 5.91. The number of allylic oxidation sites excluding steroid dienone is 1. The maximum absolute atomic E-state index is 6.14. The fourth-order valence-electron chi connectivity index (χ4n) is 3.25. The van der Waals surface area contributed by atoms with Gasteiger partial charge in [0, 0.05) is 6.07 Å². The van der Waals surface area contributed by atoms with E-state index in [-0.39, 0.29) is 0 Å². The average Bonchev–Trinajstić information content (AvgIpc) is 3.12. The molecule has 2 heterocycles. The minimum atomic E-state index is 0.621. The second-order valence-corrected chi connectivity index (χ2v) is 6.50. The quantitative estimate of drug-likeness (QED) is 0.481. The van der Waals surface area contributed by atoms with E-state index in [0.717, 1.165) is 47.3 Å². The largest absolute Gasteiger partial charge is 0.492 e. The van der Waals surface area contributed by atoms with E-state index in [2.05, 4.69) is 36.9 Å². The summed E-state index contributed by atoms with van der Waals surface area (Å²) in [5.74, 6) is 2.19. The van der Waals surface area contributed by atoms with Gasteiger partial charge in [0.25, 0.3) is 0 Å². The molecule has 0 N–H and O–H groups in total. The number of hydrogen-bond acceptors (Lipinski definition) is 3. The van der Waals surface area contributed by atoms with Crippen LogP contribution in [0.5, 0.6) is 11.5 Å². The Labute approximate surface area is 153 Å². The summed E-state index contributed by atoms with van der Waals surface area (Å²) in [6.45, 7) is 4.53. The maximum atomic E-state index is 6.14. The van der Waals surface area contributed by atoms with Gasteiger partial charge in [0.1, 0.15) is 22.8 Å². The summed E-state index contributed by atoms with van der Waals surface area (Å²) in [5.41, 5.74) is 3.12. The lowest BCUT2D eigenvalue weighted by Gasteiger charge is -2.18. The molecular formula is C23H22O3. The van der Waals surface area contributed by atoms with Crippen molar-refractivity contribution in [1.29, 1.82) is 0 Å². The summed E-state index contributed by atoms with van der Waals surface area (Å²) in [5, 5.41) is 0.980. The number of furan rings is 1. The molecule has 0 atom stereocenters. The van der Waals surface area contributed by atoms with Gasteiger partial charge in [-0.05, 0) is 49.5 Å². The number of aryl methyl sites for hydroxylation is 1. The van der Waals surface area contributed by atoms with Crippen LogP contribution in [0.15, 0.2) is 71.6 Å². The second kappa shape index (κ2) is 7.52. The third-order valence-electron chi connectivity index (χ3n) is 4.59. The first-order valence-corrected chi connectivity index (χ1v) is 9.07. The highest BCUT2D eigenvalue weighted by Crippen LogP contribution is 2.41. The van der Waals surface area contributed by atoms with Crippen LogP contribution in [0.25, 0.3) is 17.0 Å². The smallest absolute Gasteiger partial charge is 0.142 e. The Balaban J connectivity index is 1.38. The molecular weight excluding hydrogens is 324 g/mol. The van der Waals surface area contributed by atoms with E-state index in [9.17, 15) is 0 Å². The molecule has 0 aliphatic carbocycles. The van der Waals surface area contributed by atoms with Crippen LogP contribution in [0, 0.1) is 0 Å². The molecule has 3 aromatic rings. The molecule has 1 aromatic heterocycles. The molecule has 26 heavy (non-hydrogen) atoms. The third-order valence-corrected chi connectivity index (χ3v) is 4.59. The standard InChI is InChI=1S/C23H22O3/c1-17-11-12-19-22(26-17)16-21-20(13-15-24-21)23(19)25-14-7-3-6-10-18-8-4-2-5-9-18/h2,4-5,8-9,11-13,15-16H,1,3,6-7,10,14H2. The van der Waals surface area contributed by atoms with Crippen LogP contribution in [0.1, 0.15) is 30.4 Å². The molecule has 0 radical (unpaired) electrons. The fourth-order valence-corrected chi connectivity index (χ4v) is 3.25. The molecule has 0 bridgehead atoms. The van der Waals surface area contributed by atoms with E-state index in [0.29, 0.717) is 12.4 Å². The number of hydrogen-bond donors (Lipinski definition) is 0. The minimum absolute atomic E-state index is 0.621. The van der Waals surface area contributed by atoms with Crippen molar-refractivity contribution in [2.75, 3.05) is 6.61 Å². The number of benzene rings is 2. The van der Waals surface area contributed by atoms with Gasteiger partial charge in [0.15, 0.2) is 0 Å². The van der Waals surface area contributed by atoms with Gasteiger partial charge in [-0.2, -0.15) is 0 Å². The average molecular weight is 346 g/mol. The first-order valence-electron chi connectivity index (χ1n) is 9.07. The molecule has 3 heteroatoms. The molecule has 3 nitrogen and oxygen atoms in total. The van der Waals surface area contributed by atoms with Crippen molar-refractivity contribution in [3.8, 4) is 11.5 Å². The Morgan fingerprint density at radius 1 is 0.962 bits per heavy atom. The van der Waals surface area contributed by atoms with Crippen molar-refractivity contribution in [3.05, 3.63) is 78.3 Å². The third kappa shape index (κ3) is 3.52. The molecule has 1 aliphatic rings. The molecule has 0 amide bonds. The zero-order chi connectivity index (χ0) is 17.8. The van der Waals surface area contributed by atoms with E-state index in [1.54, 1.807) is 6.26 Å². The van der Waals surface area contributed by atoms with E-state index in [4.69, 9.17) is 13.9 Å². The van der Waals surface area contributed by atoms with Crippen LogP contribution in [0.2, 0.25) is 0 Å². The Morgan fingerprint density at radius 3 is 2.73 bits per heavy atom. The second-order valence-electron chi connectivity index (χ2n) is 6.50. The van der Waals surface area contributed by atoms with Crippen LogP contribution in [-0.2, 0) is 6.42 Å². The van der Waals surface area contributed by atoms with Gasteiger partial charge >= 0.3 is 0 Å². The van der Waals surface area contributed by atoms with Gasteiger partial charge in [0.2, 0.25) is 0 Å². The lowest BCUT2D eigenvalue weighted by atomic mass is 10.1. The Morgan fingerprint density at radius 2 is 1.85 bits per heavy atom. The van der Waals surface area contributed by atoms with Crippen LogP contribution < -0.4 is 9.47 Å². The number of unbranched alkanes of at least 4 members (excludes halogenated alkanes) is 2. The summed E-state index contributed by atoms with van der Waals surface area (Å²) in [6, 6.07) is 14.5. The first kappa shape index (κ1) is 16.5. The first-order chi connectivity index (χ1) is 12.8. The van der Waals surface area contributed by atoms with E-state index >= 15 is 0 Å². The molecule has 132 valence electrons. The van der Waals surface area contributed by atoms with Gasteiger partial charge < -0.3 is 13.9 Å². The van der Waals surface area contributed by atoms with E-state index < -0.39 is 0 Å². The Hall–Kier alpha value is -2.94. The monoisotopic (exact) mass is 346 g/mol. The molecule has 2 aromatic carbocycles. The predicted octanol–water partition coefficient (Wildman–Crippen LogP) is 6.14. The molecule has 0 fully saturated rings. The fraction of sp³-hybridized carbons (Fsp3) is 0.217. The summed E-state index contributed by atoms with van der Waals surface area (Å²) < 4.78 is 17.4. The van der Waals surface area contributed by atoms with Crippen LogP contribution in [-0.4, -0.2) is 6.61 Å². The van der Waals surface area contributed by atoms with E-state index in [1.165, 1.54) is 12.0 Å². The summed E-state index contributed by atoms with van der Waals surface area (Å²) in [4.78, 5) is 0. The SMILES string of the molecule is C=C1C=Cc2c(cc3occc3c2OCCCCCc2ccccc2)O1. The van der Waals surface area contributed by atoms with Crippen LogP contribution in [0.3, 0.4) is 0 Å². The molecule has 0 saturated carbocycles. The maximum Gasteiger partial charge on any atom is 0.142 e. The normalized spacial score (nSPS) is 12.8.